The molecule has 2 aromatic rings. The number of rotatable bonds is 12. The number of nitrogens with zero attached hydrogens (tertiary/aromatic N) is 3. The molecule has 1 aliphatic rings. The third kappa shape index (κ3) is 6.94. The number of benzene rings is 2. The molecule has 2 unspecified atom stereocenters. The highest BCUT2D eigenvalue weighted by molar-refractivity contribution is 5.33. The summed E-state index contributed by atoms with van der Waals surface area (Å²) in [7, 11) is 0. The Kier molecular flexibility index (Phi) is 10.2. The van der Waals surface area contributed by atoms with Crippen LogP contribution in [0.3, 0.4) is 0 Å². The lowest BCUT2D eigenvalue weighted by atomic mass is 9.70. The van der Waals surface area contributed by atoms with Gasteiger partial charge in [0.25, 0.3) is 0 Å². The summed E-state index contributed by atoms with van der Waals surface area (Å²) in [5.41, 5.74) is 2.29. The molecule has 0 bridgehead atoms. The normalized spacial score (nSPS) is 18.0. The predicted molar refractivity (Wildman–Crippen MR) is 144 cm³/mol. The first kappa shape index (κ1) is 26.5. The van der Waals surface area contributed by atoms with Crippen LogP contribution < -0.4 is 0 Å². The molecule has 0 aliphatic carbocycles. The Balaban J connectivity index is 1.41. The molecule has 0 saturated carbocycles. The van der Waals surface area contributed by atoms with Gasteiger partial charge in [-0.1, -0.05) is 88.4 Å². The molecule has 0 spiro atoms. The van der Waals surface area contributed by atoms with E-state index in [4.69, 9.17) is 0 Å². The van der Waals surface area contributed by atoms with E-state index < -0.39 is 0 Å². The highest BCUT2D eigenvalue weighted by atomic mass is 15.3. The molecule has 2 atom stereocenters. The first-order valence-corrected chi connectivity index (χ1v) is 13.4. The monoisotopic (exact) mass is 459 g/mol. The summed E-state index contributed by atoms with van der Waals surface area (Å²) in [6.07, 6.45) is 4.55. The van der Waals surface area contributed by atoms with Crippen LogP contribution >= 0.6 is 0 Å². The second kappa shape index (κ2) is 13.1. The predicted octanol–water partition coefficient (Wildman–Crippen LogP) is 6.72. The van der Waals surface area contributed by atoms with Crippen molar-refractivity contribution in [1.82, 2.24) is 9.80 Å². The van der Waals surface area contributed by atoms with Gasteiger partial charge in [0.1, 0.15) is 0 Å². The molecule has 3 nitrogen and oxygen atoms in total. The van der Waals surface area contributed by atoms with Crippen LogP contribution in [0.2, 0.25) is 0 Å². The molecule has 0 N–H and O–H groups in total. The van der Waals surface area contributed by atoms with Crippen molar-refractivity contribution < 1.29 is 0 Å². The lowest BCUT2D eigenvalue weighted by Crippen LogP contribution is -2.47. The van der Waals surface area contributed by atoms with Gasteiger partial charge in [-0.2, -0.15) is 5.26 Å². The molecule has 34 heavy (non-hydrogen) atoms. The Morgan fingerprint density at radius 1 is 0.794 bits per heavy atom. The van der Waals surface area contributed by atoms with Gasteiger partial charge in [0.05, 0.1) is 11.5 Å². The van der Waals surface area contributed by atoms with Crippen molar-refractivity contribution in [2.24, 2.45) is 11.8 Å². The zero-order valence-electron chi connectivity index (χ0n) is 21.9. The van der Waals surface area contributed by atoms with Crippen LogP contribution in [0.15, 0.2) is 60.7 Å². The minimum Gasteiger partial charge on any atom is -0.301 e. The van der Waals surface area contributed by atoms with Crippen LogP contribution in [-0.2, 0) is 5.41 Å². The molecule has 3 heteroatoms. The van der Waals surface area contributed by atoms with E-state index in [9.17, 15) is 5.26 Å². The quantitative estimate of drug-likeness (QED) is 0.353. The van der Waals surface area contributed by atoms with Gasteiger partial charge < -0.3 is 9.80 Å². The van der Waals surface area contributed by atoms with Gasteiger partial charge in [-0.3, -0.25) is 0 Å². The molecule has 0 radical (unpaired) electrons. The summed E-state index contributed by atoms with van der Waals surface area (Å²) < 4.78 is 0. The maximum atomic E-state index is 10.1. The highest BCUT2D eigenvalue weighted by Crippen LogP contribution is 2.36. The Morgan fingerprint density at radius 3 is 1.82 bits per heavy atom. The summed E-state index contributed by atoms with van der Waals surface area (Å²) in [6.45, 7) is 16.0. The first-order valence-electron chi connectivity index (χ1n) is 13.4. The summed E-state index contributed by atoms with van der Waals surface area (Å²) in [4.78, 5) is 5.25. The number of hydrogen-bond donors (Lipinski definition) is 0. The number of hydrogen-bond acceptors (Lipinski definition) is 3. The van der Waals surface area contributed by atoms with Gasteiger partial charge in [0, 0.05) is 26.2 Å². The van der Waals surface area contributed by atoms with E-state index in [1.54, 1.807) is 0 Å². The fourth-order valence-electron chi connectivity index (χ4n) is 5.69. The molecule has 0 aromatic heterocycles. The lowest BCUT2D eigenvalue weighted by molar-refractivity contribution is 0.126. The summed E-state index contributed by atoms with van der Waals surface area (Å²) in [6, 6.07) is 24.2. The van der Waals surface area contributed by atoms with E-state index in [2.05, 4.69) is 98.2 Å². The Bertz CT molecular complexity index is 863. The van der Waals surface area contributed by atoms with Crippen LogP contribution in [0.25, 0.3) is 0 Å². The standard InChI is InChI=1S/C31H45N3/c1-26(2)30(28-13-7-5-8-14-28)17-11-19-33-21-23-34(24-22-33)20-12-18-31(25-32,27(3)4)29-15-9-6-10-16-29/h5-10,13-16,26-27,30H,11-12,17-24H2,1-4H3. The SMILES string of the molecule is CC(C)C(CCCN1CCN(CCCC(C#N)(c2ccccc2)C(C)C)CC1)c1ccccc1. The van der Waals surface area contributed by atoms with Crippen LogP contribution in [-0.4, -0.2) is 49.1 Å². The van der Waals surface area contributed by atoms with Gasteiger partial charge >= 0.3 is 0 Å². The molecule has 3 rings (SSSR count). The average molecular weight is 460 g/mol. The van der Waals surface area contributed by atoms with E-state index in [1.807, 2.05) is 6.07 Å². The van der Waals surface area contributed by atoms with Gasteiger partial charge in [-0.05, 0) is 67.7 Å². The van der Waals surface area contributed by atoms with Gasteiger partial charge in [-0.15, -0.1) is 0 Å². The topological polar surface area (TPSA) is 30.3 Å². The first-order chi connectivity index (χ1) is 16.5. The Hall–Kier alpha value is -2.15. The molecule has 1 fully saturated rings. The largest absolute Gasteiger partial charge is 0.301 e. The minimum atomic E-state index is -0.380. The summed E-state index contributed by atoms with van der Waals surface area (Å²) >= 11 is 0. The number of nitriles is 1. The van der Waals surface area contributed by atoms with Gasteiger partial charge in [0.2, 0.25) is 0 Å². The second-order valence-corrected chi connectivity index (χ2v) is 10.8. The van der Waals surface area contributed by atoms with Crippen LogP contribution in [0.1, 0.15) is 70.4 Å². The Labute approximate surface area is 208 Å². The maximum Gasteiger partial charge on any atom is 0.0845 e. The zero-order valence-corrected chi connectivity index (χ0v) is 21.9. The van der Waals surface area contributed by atoms with E-state index in [0.717, 1.165) is 32.5 Å². The summed E-state index contributed by atoms with van der Waals surface area (Å²) in [5, 5.41) is 10.1. The molecular weight excluding hydrogens is 414 g/mol. The Morgan fingerprint density at radius 2 is 1.32 bits per heavy atom. The van der Waals surface area contributed by atoms with E-state index in [1.165, 1.54) is 43.6 Å². The van der Waals surface area contributed by atoms with Gasteiger partial charge in [-0.25, -0.2) is 0 Å². The van der Waals surface area contributed by atoms with E-state index >= 15 is 0 Å². The lowest BCUT2D eigenvalue weighted by Gasteiger charge is -2.36. The van der Waals surface area contributed by atoms with Crippen LogP contribution in [0, 0.1) is 23.2 Å². The van der Waals surface area contributed by atoms with Crippen LogP contribution in [0.4, 0.5) is 0 Å². The van der Waals surface area contributed by atoms with Gasteiger partial charge in [0.15, 0.2) is 0 Å². The van der Waals surface area contributed by atoms with Crippen molar-refractivity contribution in [1.29, 1.82) is 5.26 Å². The van der Waals surface area contributed by atoms with Crippen molar-refractivity contribution in [3.63, 3.8) is 0 Å². The smallest absolute Gasteiger partial charge is 0.0845 e. The molecule has 1 heterocycles. The summed E-state index contributed by atoms with van der Waals surface area (Å²) in [5.74, 6) is 1.65. The third-order valence-electron chi connectivity index (χ3n) is 8.01. The van der Waals surface area contributed by atoms with Crippen molar-refractivity contribution in [2.75, 3.05) is 39.3 Å². The molecule has 1 saturated heterocycles. The van der Waals surface area contributed by atoms with Crippen molar-refractivity contribution in [3.05, 3.63) is 71.8 Å². The maximum absolute atomic E-state index is 10.1. The van der Waals surface area contributed by atoms with Crippen molar-refractivity contribution in [3.8, 4) is 6.07 Å². The van der Waals surface area contributed by atoms with Crippen molar-refractivity contribution >= 4 is 0 Å². The molecule has 0 amide bonds. The van der Waals surface area contributed by atoms with E-state index in [0.29, 0.717) is 17.8 Å². The molecule has 184 valence electrons. The average Bonchev–Trinajstić information content (AvgIpc) is 2.86. The molecule has 1 aliphatic heterocycles. The van der Waals surface area contributed by atoms with Crippen molar-refractivity contribution in [2.45, 2.75) is 64.7 Å². The fourth-order valence-corrected chi connectivity index (χ4v) is 5.69. The minimum absolute atomic E-state index is 0.308. The van der Waals surface area contributed by atoms with Crippen LogP contribution in [0.5, 0.6) is 0 Å². The molecule has 2 aromatic carbocycles. The fraction of sp³-hybridized carbons (Fsp3) is 0.581. The van der Waals surface area contributed by atoms with E-state index in [-0.39, 0.29) is 5.41 Å². The zero-order chi connectivity index (χ0) is 24.4. The highest BCUT2D eigenvalue weighted by Gasteiger charge is 2.35. The third-order valence-corrected chi connectivity index (χ3v) is 8.01. The second-order valence-electron chi connectivity index (χ2n) is 10.8. The number of piperazine rings is 1. The molecular formula is C31H45N3.